The molecular weight excluding hydrogens is 194 g/mol. The summed E-state index contributed by atoms with van der Waals surface area (Å²) in [5.41, 5.74) is 1.57. The lowest BCUT2D eigenvalue weighted by Gasteiger charge is -2.02. The van der Waals surface area contributed by atoms with Gasteiger partial charge in [0.15, 0.2) is 0 Å². The molecule has 0 amide bonds. The van der Waals surface area contributed by atoms with Crippen molar-refractivity contribution in [3.63, 3.8) is 0 Å². The van der Waals surface area contributed by atoms with Crippen LogP contribution in [0.3, 0.4) is 0 Å². The highest BCUT2D eigenvalue weighted by Crippen LogP contribution is 2.23. The highest BCUT2D eigenvalue weighted by Gasteiger charge is 2.08. The van der Waals surface area contributed by atoms with E-state index in [1.165, 1.54) is 0 Å². The van der Waals surface area contributed by atoms with E-state index in [0.29, 0.717) is 11.5 Å². The van der Waals surface area contributed by atoms with Gasteiger partial charge in [0.05, 0.1) is 12.8 Å². The van der Waals surface area contributed by atoms with Crippen molar-refractivity contribution < 1.29 is 9.15 Å². The number of oxazole rings is 1. The summed E-state index contributed by atoms with van der Waals surface area (Å²) >= 11 is 0. The largest absolute Gasteiger partial charge is 0.497 e. The van der Waals surface area contributed by atoms with Crippen molar-refractivity contribution in [3.8, 4) is 17.0 Å². The number of aryl methyl sites for hydroxylation is 1. The van der Waals surface area contributed by atoms with Crippen LogP contribution in [0, 0.1) is 6.92 Å². The summed E-state index contributed by atoms with van der Waals surface area (Å²) in [6, 6.07) is 7.43. The van der Waals surface area contributed by atoms with Crippen LogP contribution in [0.15, 0.2) is 33.5 Å². The van der Waals surface area contributed by atoms with Gasteiger partial charge in [0.2, 0.25) is 0 Å². The van der Waals surface area contributed by atoms with Gasteiger partial charge in [-0.05, 0) is 19.1 Å². The second-order valence-electron chi connectivity index (χ2n) is 3.18. The fourth-order valence-electron chi connectivity index (χ4n) is 1.46. The van der Waals surface area contributed by atoms with Gasteiger partial charge in [0.1, 0.15) is 11.5 Å². The monoisotopic (exact) mass is 205 g/mol. The van der Waals surface area contributed by atoms with E-state index in [1.807, 2.05) is 24.3 Å². The SMILES string of the molecule is COc1cccc(-c2[nH]c(=O)oc2C)c1. The molecule has 0 aliphatic heterocycles. The maximum atomic E-state index is 11.0. The number of aromatic nitrogens is 1. The third-order valence-corrected chi connectivity index (χ3v) is 2.18. The molecule has 0 atom stereocenters. The van der Waals surface area contributed by atoms with Gasteiger partial charge in [-0.15, -0.1) is 0 Å². The number of methoxy groups -OCH3 is 1. The smallest absolute Gasteiger partial charge is 0.416 e. The Morgan fingerprint density at radius 3 is 2.80 bits per heavy atom. The predicted octanol–water partition coefficient (Wildman–Crippen LogP) is 1.95. The molecule has 0 saturated heterocycles. The van der Waals surface area contributed by atoms with Crippen molar-refractivity contribution in [2.45, 2.75) is 6.92 Å². The Morgan fingerprint density at radius 2 is 2.20 bits per heavy atom. The topological polar surface area (TPSA) is 55.2 Å². The molecule has 2 aromatic rings. The van der Waals surface area contributed by atoms with Crippen LogP contribution in [0.5, 0.6) is 5.75 Å². The Morgan fingerprint density at radius 1 is 1.40 bits per heavy atom. The summed E-state index contributed by atoms with van der Waals surface area (Å²) in [6.45, 7) is 1.74. The Labute approximate surface area is 86.5 Å². The summed E-state index contributed by atoms with van der Waals surface area (Å²) < 4.78 is 9.99. The van der Waals surface area contributed by atoms with Gasteiger partial charge in [0, 0.05) is 5.56 Å². The van der Waals surface area contributed by atoms with E-state index in [4.69, 9.17) is 9.15 Å². The standard InChI is InChI=1S/C11H11NO3/c1-7-10(12-11(13)15-7)8-4-3-5-9(6-8)14-2/h3-6H,1-2H3,(H,12,13). The summed E-state index contributed by atoms with van der Waals surface area (Å²) in [7, 11) is 1.60. The van der Waals surface area contributed by atoms with Crippen molar-refractivity contribution in [2.75, 3.05) is 7.11 Å². The Balaban J connectivity index is 2.53. The third-order valence-electron chi connectivity index (χ3n) is 2.18. The Hall–Kier alpha value is -1.97. The van der Waals surface area contributed by atoms with Crippen LogP contribution < -0.4 is 10.5 Å². The summed E-state index contributed by atoms with van der Waals surface area (Å²) in [4.78, 5) is 13.6. The molecule has 0 bridgehead atoms. The zero-order chi connectivity index (χ0) is 10.8. The van der Waals surface area contributed by atoms with Crippen LogP contribution in [0.4, 0.5) is 0 Å². The van der Waals surface area contributed by atoms with Crippen LogP contribution in [0.2, 0.25) is 0 Å². The molecule has 0 saturated carbocycles. The van der Waals surface area contributed by atoms with Gasteiger partial charge < -0.3 is 9.15 Å². The van der Waals surface area contributed by atoms with E-state index in [9.17, 15) is 4.79 Å². The minimum atomic E-state index is -0.440. The van der Waals surface area contributed by atoms with Gasteiger partial charge in [-0.2, -0.15) is 0 Å². The molecule has 1 N–H and O–H groups in total. The lowest BCUT2D eigenvalue weighted by molar-refractivity contribution is 0.415. The van der Waals surface area contributed by atoms with E-state index in [1.54, 1.807) is 14.0 Å². The number of aromatic amines is 1. The Kier molecular flexibility index (Phi) is 2.33. The van der Waals surface area contributed by atoms with Gasteiger partial charge in [-0.1, -0.05) is 12.1 Å². The number of rotatable bonds is 2. The number of benzene rings is 1. The number of H-pyrrole nitrogens is 1. The van der Waals surface area contributed by atoms with E-state index in [-0.39, 0.29) is 0 Å². The molecule has 0 radical (unpaired) electrons. The molecule has 1 aromatic heterocycles. The predicted molar refractivity (Wildman–Crippen MR) is 56.1 cm³/mol. The van der Waals surface area contributed by atoms with Crippen LogP contribution in [-0.2, 0) is 0 Å². The first kappa shape index (κ1) is 9.58. The number of ether oxygens (including phenoxy) is 1. The molecule has 2 rings (SSSR count). The van der Waals surface area contributed by atoms with Crippen LogP contribution in [0.25, 0.3) is 11.3 Å². The zero-order valence-corrected chi connectivity index (χ0v) is 8.53. The van der Waals surface area contributed by atoms with Gasteiger partial charge in [0.25, 0.3) is 0 Å². The van der Waals surface area contributed by atoms with Crippen LogP contribution in [0.1, 0.15) is 5.76 Å². The molecule has 0 fully saturated rings. The average molecular weight is 205 g/mol. The molecule has 0 aliphatic carbocycles. The molecule has 1 aromatic carbocycles. The third kappa shape index (κ3) is 1.79. The average Bonchev–Trinajstić information content (AvgIpc) is 2.58. The lowest BCUT2D eigenvalue weighted by Crippen LogP contribution is -1.94. The summed E-state index contributed by atoms with van der Waals surface area (Å²) in [5.74, 6) is 0.882. The minimum Gasteiger partial charge on any atom is -0.497 e. The van der Waals surface area contributed by atoms with Crippen LogP contribution >= 0.6 is 0 Å². The molecule has 15 heavy (non-hydrogen) atoms. The van der Waals surface area contributed by atoms with E-state index < -0.39 is 5.76 Å². The highest BCUT2D eigenvalue weighted by atomic mass is 16.5. The van der Waals surface area contributed by atoms with Crippen LogP contribution in [-0.4, -0.2) is 12.1 Å². The van der Waals surface area contributed by atoms with Gasteiger partial charge in [-0.3, -0.25) is 4.98 Å². The molecular formula is C11H11NO3. The number of hydrogen-bond acceptors (Lipinski definition) is 3. The van der Waals surface area contributed by atoms with Gasteiger partial charge >= 0.3 is 5.76 Å². The first-order valence-corrected chi connectivity index (χ1v) is 4.55. The van der Waals surface area contributed by atoms with Crippen molar-refractivity contribution in [3.05, 3.63) is 40.6 Å². The maximum Gasteiger partial charge on any atom is 0.416 e. The fourth-order valence-corrected chi connectivity index (χ4v) is 1.46. The molecule has 78 valence electrons. The van der Waals surface area contributed by atoms with Crippen molar-refractivity contribution in [1.82, 2.24) is 4.98 Å². The molecule has 0 aliphatic rings. The highest BCUT2D eigenvalue weighted by molar-refractivity contribution is 5.62. The normalized spacial score (nSPS) is 10.3. The van der Waals surface area contributed by atoms with E-state index in [2.05, 4.69) is 4.98 Å². The summed E-state index contributed by atoms with van der Waals surface area (Å²) in [6.07, 6.45) is 0. The first-order valence-electron chi connectivity index (χ1n) is 4.55. The first-order chi connectivity index (χ1) is 7.20. The second kappa shape index (κ2) is 3.65. The second-order valence-corrected chi connectivity index (χ2v) is 3.18. The molecule has 4 nitrogen and oxygen atoms in total. The van der Waals surface area contributed by atoms with Crippen molar-refractivity contribution >= 4 is 0 Å². The quantitative estimate of drug-likeness (QED) is 0.815. The van der Waals surface area contributed by atoms with E-state index >= 15 is 0 Å². The zero-order valence-electron chi connectivity index (χ0n) is 8.53. The van der Waals surface area contributed by atoms with Crippen molar-refractivity contribution in [2.24, 2.45) is 0 Å². The Bertz CT molecular complexity index is 525. The lowest BCUT2D eigenvalue weighted by atomic mass is 10.1. The summed E-state index contributed by atoms with van der Waals surface area (Å²) in [5, 5.41) is 0. The van der Waals surface area contributed by atoms with Gasteiger partial charge in [-0.25, -0.2) is 4.79 Å². The number of nitrogens with one attached hydrogen (secondary N) is 1. The number of hydrogen-bond donors (Lipinski definition) is 1. The van der Waals surface area contributed by atoms with Crippen molar-refractivity contribution in [1.29, 1.82) is 0 Å². The maximum absolute atomic E-state index is 11.0. The van der Waals surface area contributed by atoms with E-state index in [0.717, 1.165) is 11.3 Å². The molecule has 0 spiro atoms. The fraction of sp³-hybridized carbons (Fsp3) is 0.182. The molecule has 4 heteroatoms. The molecule has 0 unspecified atom stereocenters. The minimum absolute atomic E-state index is 0.440. The molecule has 1 heterocycles.